The van der Waals surface area contributed by atoms with Crippen LogP contribution in [0.2, 0.25) is 0 Å². The van der Waals surface area contributed by atoms with Crippen LogP contribution in [0, 0.1) is 0 Å². The molecule has 1 aromatic carbocycles. The number of aromatic nitrogens is 1. The maximum Gasteiger partial charge on any atom is 0.128 e. The van der Waals surface area contributed by atoms with Crippen LogP contribution >= 0.6 is 0 Å². The average Bonchev–Trinajstić information content (AvgIpc) is 2.43. The van der Waals surface area contributed by atoms with E-state index in [9.17, 15) is 0 Å². The van der Waals surface area contributed by atoms with Crippen molar-refractivity contribution in [1.29, 1.82) is 0 Å². The summed E-state index contributed by atoms with van der Waals surface area (Å²) >= 11 is 0. The molecule has 0 bridgehead atoms. The SMILES string of the molecule is CN(CCCCCN)c1ccc2ccccc2n1. The number of pyridine rings is 1. The average molecular weight is 243 g/mol. The third-order valence-corrected chi connectivity index (χ3v) is 3.17. The number of benzene rings is 1. The molecule has 1 heterocycles. The summed E-state index contributed by atoms with van der Waals surface area (Å²) in [5.74, 6) is 1.04. The molecular weight excluding hydrogens is 222 g/mol. The Morgan fingerprint density at radius 1 is 1.06 bits per heavy atom. The van der Waals surface area contributed by atoms with Crippen molar-refractivity contribution in [1.82, 2.24) is 4.98 Å². The number of nitrogens with zero attached hydrogens (tertiary/aromatic N) is 2. The molecule has 1 aromatic heterocycles. The minimum absolute atomic E-state index is 0.790. The van der Waals surface area contributed by atoms with Gasteiger partial charge in [-0.2, -0.15) is 0 Å². The molecule has 0 aliphatic carbocycles. The van der Waals surface area contributed by atoms with E-state index in [1.807, 2.05) is 12.1 Å². The van der Waals surface area contributed by atoms with Crippen LogP contribution in [0.4, 0.5) is 5.82 Å². The predicted octanol–water partition coefficient (Wildman–Crippen LogP) is 2.80. The fourth-order valence-corrected chi connectivity index (χ4v) is 2.05. The zero-order chi connectivity index (χ0) is 12.8. The second-order valence-corrected chi connectivity index (χ2v) is 4.63. The molecule has 0 fully saturated rings. The largest absolute Gasteiger partial charge is 0.360 e. The minimum Gasteiger partial charge on any atom is -0.360 e. The quantitative estimate of drug-likeness (QED) is 0.793. The monoisotopic (exact) mass is 243 g/mol. The Morgan fingerprint density at radius 3 is 2.72 bits per heavy atom. The number of hydrogen-bond acceptors (Lipinski definition) is 3. The first-order valence-electron chi connectivity index (χ1n) is 6.58. The highest BCUT2D eigenvalue weighted by Gasteiger charge is 2.03. The Hall–Kier alpha value is -1.61. The molecule has 2 rings (SSSR count). The van der Waals surface area contributed by atoms with E-state index in [2.05, 4.69) is 41.2 Å². The van der Waals surface area contributed by atoms with Crippen molar-refractivity contribution < 1.29 is 0 Å². The summed E-state index contributed by atoms with van der Waals surface area (Å²) in [5, 5.41) is 1.19. The lowest BCUT2D eigenvalue weighted by molar-refractivity contribution is 0.676. The molecule has 2 aromatic rings. The van der Waals surface area contributed by atoms with E-state index in [4.69, 9.17) is 5.73 Å². The van der Waals surface area contributed by atoms with E-state index < -0.39 is 0 Å². The number of fused-ring (bicyclic) bond motifs is 1. The van der Waals surface area contributed by atoms with Gasteiger partial charge in [0.15, 0.2) is 0 Å². The Balaban J connectivity index is 2.01. The first kappa shape index (κ1) is 12.8. The van der Waals surface area contributed by atoms with Crippen LogP contribution in [0.15, 0.2) is 36.4 Å². The summed E-state index contributed by atoms with van der Waals surface area (Å²) in [7, 11) is 2.10. The normalized spacial score (nSPS) is 10.8. The first-order chi connectivity index (χ1) is 8.81. The molecule has 3 nitrogen and oxygen atoms in total. The highest BCUT2D eigenvalue weighted by Crippen LogP contribution is 2.17. The molecule has 0 radical (unpaired) electrons. The number of hydrogen-bond donors (Lipinski definition) is 1. The van der Waals surface area contributed by atoms with Crippen LogP contribution in [0.3, 0.4) is 0 Å². The van der Waals surface area contributed by atoms with Crippen LogP contribution in [0.1, 0.15) is 19.3 Å². The van der Waals surface area contributed by atoms with Gasteiger partial charge in [-0.1, -0.05) is 24.6 Å². The minimum atomic E-state index is 0.790. The summed E-state index contributed by atoms with van der Waals surface area (Å²) in [4.78, 5) is 6.89. The van der Waals surface area contributed by atoms with E-state index in [1.165, 1.54) is 18.2 Å². The maximum atomic E-state index is 5.49. The smallest absolute Gasteiger partial charge is 0.128 e. The molecule has 18 heavy (non-hydrogen) atoms. The molecule has 0 saturated heterocycles. The molecule has 0 saturated carbocycles. The standard InChI is InChI=1S/C15H21N3/c1-18(12-6-2-5-11-16)15-10-9-13-7-3-4-8-14(13)17-15/h3-4,7-10H,2,5-6,11-12,16H2,1H3. The Bertz CT molecular complexity index is 496. The van der Waals surface area contributed by atoms with E-state index in [0.29, 0.717) is 0 Å². The Kier molecular flexibility index (Phi) is 4.53. The van der Waals surface area contributed by atoms with Gasteiger partial charge < -0.3 is 10.6 Å². The summed E-state index contributed by atoms with van der Waals surface area (Å²) < 4.78 is 0. The second-order valence-electron chi connectivity index (χ2n) is 4.63. The van der Waals surface area contributed by atoms with E-state index >= 15 is 0 Å². The van der Waals surface area contributed by atoms with Gasteiger partial charge in [0.1, 0.15) is 5.82 Å². The first-order valence-corrected chi connectivity index (χ1v) is 6.58. The van der Waals surface area contributed by atoms with Crippen molar-refractivity contribution in [3.8, 4) is 0 Å². The predicted molar refractivity (Wildman–Crippen MR) is 77.9 cm³/mol. The lowest BCUT2D eigenvalue weighted by Gasteiger charge is -2.18. The number of rotatable bonds is 6. The summed E-state index contributed by atoms with van der Waals surface area (Å²) in [5.41, 5.74) is 6.55. The Morgan fingerprint density at radius 2 is 1.89 bits per heavy atom. The van der Waals surface area contributed by atoms with Crippen molar-refractivity contribution in [2.24, 2.45) is 5.73 Å². The van der Waals surface area contributed by atoms with Gasteiger partial charge >= 0.3 is 0 Å². The molecule has 96 valence electrons. The van der Waals surface area contributed by atoms with Crippen LogP contribution in [0.25, 0.3) is 10.9 Å². The van der Waals surface area contributed by atoms with Gasteiger partial charge in [-0.15, -0.1) is 0 Å². The zero-order valence-corrected chi connectivity index (χ0v) is 11.0. The molecule has 0 amide bonds. The number of para-hydroxylation sites is 1. The van der Waals surface area contributed by atoms with Crippen molar-refractivity contribution >= 4 is 16.7 Å². The number of unbranched alkanes of at least 4 members (excludes halogenated alkanes) is 2. The third kappa shape index (κ3) is 3.20. The van der Waals surface area contributed by atoms with Crippen molar-refractivity contribution in [3.05, 3.63) is 36.4 Å². The molecule has 2 N–H and O–H groups in total. The molecule has 0 spiro atoms. The number of nitrogens with two attached hydrogens (primary N) is 1. The highest BCUT2D eigenvalue weighted by atomic mass is 15.2. The maximum absolute atomic E-state index is 5.49. The van der Waals surface area contributed by atoms with Crippen LogP contribution in [-0.4, -0.2) is 25.1 Å². The van der Waals surface area contributed by atoms with E-state index in [0.717, 1.165) is 30.8 Å². The third-order valence-electron chi connectivity index (χ3n) is 3.17. The molecule has 0 aliphatic rings. The fraction of sp³-hybridized carbons (Fsp3) is 0.400. The van der Waals surface area contributed by atoms with Gasteiger partial charge in [0.05, 0.1) is 5.52 Å². The van der Waals surface area contributed by atoms with Crippen LogP contribution in [0.5, 0.6) is 0 Å². The zero-order valence-electron chi connectivity index (χ0n) is 11.0. The van der Waals surface area contributed by atoms with Gasteiger partial charge in [0.2, 0.25) is 0 Å². The molecule has 0 aliphatic heterocycles. The van der Waals surface area contributed by atoms with E-state index in [1.54, 1.807) is 0 Å². The molecular formula is C15H21N3. The Labute approximate surface area is 109 Å². The van der Waals surface area contributed by atoms with Gasteiger partial charge in [-0.25, -0.2) is 4.98 Å². The lowest BCUT2D eigenvalue weighted by atomic mass is 10.2. The van der Waals surface area contributed by atoms with Crippen molar-refractivity contribution in [3.63, 3.8) is 0 Å². The molecule has 0 unspecified atom stereocenters. The highest BCUT2D eigenvalue weighted by molar-refractivity contribution is 5.80. The van der Waals surface area contributed by atoms with Gasteiger partial charge in [-0.05, 0) is 37.6 Å². The summed E-state index contributed by atoms with van der Waals surface area (Å²) in [6, 6.07) is 12.4. The topological polar surface area (TPSA) is 42.1 Å². The van der Waals surface area contributed by atoms with Crippen LogP contribution in [-0.2, 0) is 0 Å². The van der Waals surface area contributed by atoms with Crippen LogP contribution < -0.4 is 10.6 Å². The molecule has 0 atom stereocenters. The summed E-state index contributed by atoms with van der Waals surface area (Å²) in [6.07, 6.45) is 3.47. The van der Waals surface area contributed by atoms with Gasteiger partial charge in [0, 0.05) is 19.0 Å². The van der Waals surface area contributed by atoms with Gasteiger partial charge in [-0.3, -0.25) is 0 Å². The second kappa shape index (κ2) is 6.36. The number of anilines is 1. The summed E-state index contributed by atoms with van der Waals surface area (Å²) in [6.45, 7) is 1.82. The fourth-order valence-electron chi connectivity index (χ4n) is 2.05. The lowest BCUT2D eigenvalue weighted by Crippen LogP contribution is -2.19. The van der Waals surface area contributed by atoms with Crippen molar-refractivity contribution in [2.75, 3.05) is 25.0 Å². The molecule has 3 heteroatoms. The van der Waals surface area contributed by atoms with Crippen molar-refractivity contribution in [2.45, 2.75) is 19.3 Å². The van der Waals surface area contributed by atoms with E-state index in [-0.39, 0.29) is 0 Å². The van der Waals surface area contributed by atoms with Gasteiger partial charge in [0.25, 0.3) is 0 Å².